The topological polar surface area (TPSA) is 94.8 Å². The van der Waals surface area contributed by atoms with Crippen molar-refractivity contribution < 1.29 is 10.0 Å². The van der Waals surface area contributed by atoms with E-state index in [0.717, 1.165) is 43.2 Å². The molecule has 0 amide bonds. The van der Waals surface area contributed by atoms with Crippen LogP contribution in [0.25, 0.3) is 0 Å². The number of nitro groups is 1. The van der Waals surface area contributed by atoms with Crippen molar-refractivity contribution in [1.82, 2.24) is 10.3 Å². The minimum Gasteiger partial charge on any atom is -0.387 e. The number of hydrogen-bond acceptors (Lipinski definition) is 7. The fourth-order valence-corrected chi connectivity index (χ4v) is 3.09. The first kappa shape index (κ1) is 18.1. The summed E-state index contributed by atoms with van der Waals surface area (Å²) < 4.78 is 0. The first-order valence-corrected chi connectivity index (χ1v) is 8.61. The standard InChI is InChI=1S/C18H23N5O3/c1-19-13-17(24)14-2-4-15(5-3-14)21-8-10-22(11-9-21)18-7-6-16(12-20-18)23(25)26/h2-7,12,17,19,24H,8-11,13H2,1H3. The highest BCUT2D eigenvalue weighted by Gasteiger charge is 2.19. The maximum atomic E-state index is 10.7. The van der Waals surface area contributed by atoms with E-state index in [1.54, 1.807) is 6.07 Å². The van der Waals surface area contributed by atoms with Crippen LogP contribution in [-0.2, 0) is 0 Å². The highest BCUT2D eigenvalue weighted by molar-refractivity contribution is 5.51. The van der Waals surface area contributed by atoms with E-state index in [9.17, 15) is 15.2 Å². The van der Waals surface area contributed by atoms with Gasteiger partial charge in [0.05, 0.1) is 11.0 Å². The van der Waals surface area contributed by atoms with Crippen molar-refractivity contribution in [2.45, 2.75) is 6.10 Å². The van der Waals surface area contributed by atoms with Gasteiger partial charge in [0.15, 0.2) is 0 Å². The number of anilines is 2. The van der Waals surface area contributed by atoms with Crippen molar-refractivity contribution in [3.8, 4) is 0 Å². The van der Waals surface area contributed by atoms with Crippen LogP contribution in [0.3, 0.4) is 0 Å². The number of likely N-dealkylation sites (N-methyl/N-ethyl adjacent to an activating group) is 1. The minimum absolute atomic E-state index is 0.00735. The molecule has 138 valence electrons. The predicted octanol–water partition coefficient (Wildman–Crippen LogP) is 1.57. The van der Waals surface area contributed by atoms with Gasteiger partial charge in [-0.25, -0.2) is 4.98 Å². The number of nitrogens with one attached hydrogen (secondary N) is 1. The second-order valence-corrected chi connectivity index (χ2v) is 6.27. The zero-order valence-corrected chi connectivity index (χ0v) is 14.7. The van der Waals surface area contributed by atoms with Gasteiger partial charge in [-0.3, -0.25) is 10.1 Å². The Kier molecular flexibility index (Phi) is 5.65. The number of rotatable bonds is 6. The molecule has 1 atom stereocenters. The Morgan fingerprint density at radius 1 is 1.15 bits per heavy atom. The van der Waals surface area contributed by atoms with Gasteiger partial charge in [-0.1, -0.05) is 12.1 Å². The van der Waals surface area contributed by atoms with Crippen molar-refractivity contribution in [1.29, 1.82) is 0 Å². The van der Waals surface area contributed by atoms with Crippen molar-refractivity contribution in [3.63, 3.8) is 0 Å². The number of pyridine rings is 1. The number of aliphatic hydroxyl groups excluding tert-OH is 1. The number of benzene rings is 1. The van der Waals surface area contributed by atoms with Gasteiger partial charge < -0.3 is 20.2 Å². The quantitative estimate of drug-likeness (QED) is 0.598. The lowest BCUT2D eigenvalue weighted by atomic mass is 10.1. The molecule has 8 heteroatoms. The minimum atomic E-state index is -0.501. The second-order valence-electron chi connectivity index (χ2n) is 6.27. The van der Waals surface area contributed by atoms with E-state index in [1.165, 1.54) is 12.3 Å². The SMILES string of the molecule is CNCC(O)c1ccc(N2CCN(c3ccc([N+](=O)[O-])cn3)CC2)cc1. The van der Waals surface area contributed by atoms with Crippen LogP contribution < -0.4 is 15.1 Å². The van der Waals surface area contributed by atoms with Gasteiger partial charge in [0.25, 0.3) is 5.69 Å². The number of nitrogens with zero attached hydrogens (tertiary/aromatic N) is 4. The maximum Gasteiger partial charge on any atom is 0.287 e. The lowest BCUT2D eigenvalue weighted by molar-refractivity contribution is -0.385. The van der Waals surface area contributed by atoms with E-state index < -0.39 is 11.0 Å². The molecule has 1 aromatic heterocycles. The number of piperazine rings is 1. The van der Waals surface area contributed by atoms with Crippen molar-refractivity contribution in [2.75, 3.05) is 49.6 Å². The smallest absolute Gasteiger partial charge is 0.287 e. The van der Waals surface area contributed by atoms with Gasteiger partial charge in [0.1, 0.15) is 12.0 Å². The van der Waals surface area contributed by atoms with E-state index in [4.69, 9.17) is 0 Å². The molecule has 1 unspecified atom stereocenters. The summed E-state index contributed by atoms with van der Waals surface area (Å²) in [5, 5.41) is 23.7. The molecule has 0 radical (unpaired) electrons. The number of aliphatic hydroxyl groups is 1. The Labute approximate surface area is 152 Å². The molecule has 1 aliphatic heterocycles. The molecule has 2 heterocycles. The van der Waals surface area contributed by atoms with Crippen LogP contribution in [0.4, 0.5) is 17.2 Å². The van der Waals surface area contributed by atoms with Gasteiger partial charge in [-0.15, -0.1) is 0 Å². The molecule has 0 bridgehead atoms. The average Bonchev–Trinajstić information content (AvgIpc) is 2.68. The Morgan fingerprint density at radius 3 is 2.35 bits per heavy atom. The van der Waals surface area contributed by atoms with Gasteiger partial charge in [0.2, 0.25) is 0 Å². The molecule has 2 aromatic rings. The first-order valence-electron chi connectivity index (χ1n) is 8.61. The Morgan fingerprint density at radius 2 is 1.81 bits per heavy atom. The molecule has 2 N–H and O–H groups in total. The fraction of sp³-hybridized carbons (Fsp3) is 0.389. The highest BCUT2D eigenvalue weighted by atomic mass is 16.6. The van der Waals surface area contributed by atoms with Gasteiger partial charge >= 0.3 is 0 Å². The summed E-state index contributed by atoms with van der Waals surface area (Å²) in [7, 11) is 1.82. The van der Waals surface area contributed by atoms with Crippen LogP contribution in [-0.4, -0.2) is 54.8 Å². The molecule has 1 fully saturated rings. The predicted molar refractivity (Wildman–Crippen MR) is 101 cm³/mol. The Bertz CT molecular complexity index is 727. The highest BCUT2D eigenvalue weighted by Crippen LogP contribution is 2.22. The van der Waals surface area contributed by atoms with E-state index in [0.29, 0.717) is 6.54 Å². The maximum absolute atomic E-state index is 10.7. The van der Waals surface area contributed by atoms with Gasteiger partial charge in [-0.05, 0) is 30.8 Å². The molecular formula is C18H23N5O3. The molecule has 0 aliphatic carbocycles. The van der Waals surface area contributed by atoms with Crippen molar-refractivity contribution in [3.05, 3.63) is 58.3 Å². The third-order valence-electron chi connectivity index (χ3n) is 4.59. The Hall–Kier alpha value is -2.71. The summed E-state index contributed by atoms with van der Waals surface area (Å²) in [6, 6.07) is 11.2. The van der Waals surface area contributed by atoms with Crippen LogP contribution in [0.2, 0.25) is 0 Å². The van der Waals surface area contributed by atoms with Gasteiger partial charge in [-0.2, -0.15) is 0 Å². The molecule has 1 saturated heterocycles. The monoisotopic (exact) mass is 357 g/mol. The summed E-state index contributed by atoms with van der Waals surface area (Å²) in [5.41, 5.74) is 2.03. The van der Waals surface area contributed by atoms with Crippen molar-refractivity contribution in [2.24, 2.45) is 0 Å². The largest absolute Gasteiger partial charge is 0.387 e. The molecule has 3 rings (SSSR count). The third kappa shape index (κ3) is 4.09. The molecule has 26 heavy (non-hydrogen) atoms. The van der Waals surface area contributed by atoms with E-state index in [2.05, 4.69) is 20.1 Å². The lowest BCUT2D eigenvalue weighted by Crippen LogP contribution is -2.46. The van der Waals surface area contributed by atoms with Crippen LogP contribution in [0.15, 0.2) is 42.6 Å². The third-order valence-corrected chi connectivity index (χ3v) is 4.59. The molecule has 0 spiro atoms. The summed E-state index contributed by atoms with van der Waals surface area (Å²) in [6.45, 7) is 3.82. The molecule has 8 nitrogen and oxygen atoms in total. The zero-order valence-electron chi connectivity index (χ0n) is 14.7. The summed E-state index contributed by atoms with van der Waals surface area (Å²) >= 11 is 0. The Balaban J connectivity index is 1.58. The molecule has 0 saturated carbocycles. The van der Waals surface area contributed by atoms with Crippen LogP contribution in [0.5, 0.6) is 0 Å². The molecular weight excluding hydrogens is 334 g/mol. The van der Waals surface area contributed by atoms with Crippen LogP contribution in [0, 0.1) is 10.1 Å². The first-order chi connectivity index (χ1) is 12.6. The molecule has 1 aliphatic rings. The van der Waals surface area contributed by atoms with E-state index in [-0.39, 0.29) is 5.69 Å². The van der Waals surface area contributed by atoms with E-state index in [1.807, 2.05) is 31.3 Å². The normalized spacial score (nSPS) is 15.8. The van der Waals surface area contributed by atoms with Crippen LogP contribution >= 0.6 is 0 Å². The summed E-state index contributed by atoms with van der Waals surface area (Å²) in [6.07, 6.45) is 0.802. The van der Waals surface area contributed by atoms with Gasteiger partial charge in [0, 0.05) is 44.5 Å². The zero-order chi connectivity index (χ0) is 18.5. The summed E-state index contributed by atoms with van der Waals surface area (Å²) in [5.74, 6) is 0.765. The van der Waals surface area contributed by atoms with Crippen molar-refractivity contribution >= 4 is 17.2 Å². The second kappa shape index (κ2) is 8.11. The fourth-order valence-electron chi connectivity index (χ4n) is 3.09. The number of hydrogen-bond donors (Lipinski definition) is 2. The van der Waals surface area contributed by atoms with Crippen LogP contribution in [0.1, 0.15) is 11.7 Å². The average molecular weight is 357 g/mol. The lowest BCUT2D eigenvalue weighted by Gasteiger charge is -2.36. The number of aromatic nitrogens is 1. The summed E-state index contributed by atoms with van der Waals surface area (Å²) in [4.78, 5) is 18.9. The van der Waals surface area contributed by atoms with E-state index >= 15 is 0 Å². The molecule has 1 aromatic carbocycles.